The maximum absolute atomic E-state index is 11.0. The van der Waals surface area contributed by atoms with E-state index in [1.807, 2.05) is 24.3 Å². The van der Waals surface area contributed by atoms with E-state index in [-0.39, 0.29) is 5.78 Å². The van der Waals surface area contributed by atoms with Gasteiger partial charge in [-0.2, -0.15) is 0 Å². The highest BCUT2D eigenvalue weighted by atomic mass is 35.5. The fraction of sp³-hybridized carbons (Fsp3) is 0.182. The lowest BCUT2D eigenvalue weighted by Crippen LogP contribution is -1.80. The van der Waals surface area contributed by atoms with Crippen LogP contribution in [-0.2, 0) is 4.79 Å². The van der Waals surface area contributed by atoms with Crippen LogP contribution in [0.4, 0.5) is 0 Å². The number of hydrogen-bond donors (Lipinski definition) is 0. The zero-order valence-electron chi connectivity index (χ0n) is 7.50. The van der Waals surface area contributed by atoms with Gasteiger partial charge in [-0.05, 0) is 41.7 Å². The predicted molar refractivity (Wildman–Crippen MR) is 59.6 cm³/mol. The SMILES string of the molecule is O=C1C=C(Sc2ccc(Cl)cc2)CC1. The number of carbonyl (C=O) groups excluding carboxylic acids is 1. The molecule has 0 amide bonds. The highest BCUT2D eigenvalue weighted by Gasteiger charge is 2.12. The van der Waals surface area contributed by atoms with Crippen LogP contribution in [0, 0.1) is 0 Å². The highest BCUT2D eigenvalue weighted by Crippen LogP contribution is 2.33. The van der Waals surface area contributed by atoms with Crippen molar-refractivity contribution in [1.29, 1.82) is 0 Å². The van der Waals surface area contributed by atoms with Crippen molar-refractivity contribution in [3.8, 4) is 0 Å². The number of benzene rings is 1. The van der Waals surface area contributed by atoms with Gasteiger partial charge in [-0.25, -0.2) is 0 Å². The molecule has 0 radical (unpaired) electrons. The van der Waals surface area contributed by atoms with Crippen molar-refractivity contribution in [3.05, 3.63) is 40.3 Å². The molecule has 2 rings (SSSR count). The average Bonchev–Trinajstić information content (AvgIpc) is 2.56. The first-order chi connectivity index (χ1) is 6.74. The summed E-state index contributed by atoms with van der Waals surface area (Å²) < 4.78 is 0. The zero-order chi connectivity index (χ0) is 9.97. The van der Waals surface area contributed by atoms with Crippen LogP contribution in [0.25, 0.3) is 0 Å². The predicted octanol–water partition coefficient (Wildman–Crippen LogP) is 3.68. The van der Waals surface area contributed by atoms with E-state index in [0.717, 1.165) is 21.2 Å². The third-order valence-corrected chi connectivity index (χ3v) is 3.35. The molecule has 0 spiro atoms. The molecule has 0 N–H and O–H groups in total. The summed E-state index contributed by atoms with van der Waals surface area (Å²) in [6, 6.07) is 7.66. The first-order valence-electron chi connectivity index (χ1n) is 4.41. The molecule has 3 heteroatoms. The molecule has 14 heavy (non-hydrogen) atoms. The van der Waals surface area contributed by atoms with Gasteiger partial charge in [0.2, 0.25) is 0 Å². The Kier molecular flexibility index (Phi) is 2.94. The van der Waals surface area contributed by atoms with Crippen LogP contribution in [0.1, 0.15) is 12.8 Å². The lowest BCUT2D eigenvalue weighted by atomic mass is 10.3. The van der Waals surface area contributed by atoms with Crippen LogP contribution in [0.2, 0.25) is 5.02 Å². The minimum absolute atomic E-state index is 0.237. The monoisotopic (exact) mass is 224 g/mol. The number of thioether (sulfide) groups is 1. The first-order valence-corrected chi connectivity index (χ1v) is 5.60. The van der Waals surface area contributed by atoms with Gasteiger partial charge in [-0.15, -0.1) is 0 Å². The molecule has 0 saturated carbocycles. The van der Waals surface area contributed by atoms with Crippen LogP contribution in [0.5, 0.6) is 0 Å². The van der Waals surface area contributed by atoms with Gasteiger partial charge in [0, 0.05) is 16.3 Å². The Hall–Kier alpha value is -0.730. The molecule has 72 valence electrons. The van der Waals surface area contributed by atoms with Crippen LogP contribution < -0.4 is 0 Å². The molecule has 0 fully saturated rings. The van der Waals surface area contributed by atoms with Gasteiger partial charge in [-0.3, -0.25) is 4.79 Å². The second-order valence-electron chi connectivity index (χ2n) is 3.13. The maximum atomic E-state index is 11.0. The summed E-state index contributed by atoms with van der Waals surface area (Å²) in [7, 11) is 0. The van der Waals surface area contributed by atoms with Crippen molar-refractivity contribution in [1.82, 2.24) is 0 Å². The van der Waals surface area contributed by atoms with Gasteiger partial charge in [-0.1, -0.05) is 23.4 Å². The van der Waals surface area contributed by atoms with E-state index in [1.165, 1.54) is 0 Å². The third kappa shape index (κ3) is 2.40. The molecule has 0 heterocycles. The number of hydrogen-bond acceptors (Lipinski definition) is 2. The van der Waals surface area contributed by atoms with Crippen LogP contribution in [0.15, 0.2) is 40.1 Å². The molecular weight excluding hydrogens is 216 g/mol. The van der Waals surface area contributed by atoms with E-state index in [2.05, 4.69) is 0 Å². The fourth-order valence-electron chi connectivity index (χ4n) is 1.30. The zero-order valence-corrected chi connectivity index (χ0v) is 9.07. The molecule has 0 aromatic heterocycles. The topological polar surface area (TPSA) is 17.1 Å². The highest BCUT2D eigenvalue weighted by molar-refractivity contribution is 8.03. The average molecular weight is 225 g/mol. The van der Waals surface area contributed by atoms with Crippen molar-refractivity contribution >= 4 is 29.1 Å². The number of rotatable bonds is 2. The maximum Gasteiger partial charge on any atom is 0.156 e. The number of allylic oxidation sites excluding steroid dienone is 2. The fourth-order valence-corrected chi connectivity index (χ4v) is 2.40. The standard InChI is InChI=1S/C11H9ClOS/c12-8-1-4-10(5-2-8)14-11-6-3-9(13)7-11/h1-2,4-5,7H,3,6H2. The minimum atomic E-state index is 0.237. The van der Waals surface area contributed by atoms with E-state index in [4.69, 9.17) is 11.6 Å². The summed E-state index contributed by atoms with van der Waals surface area (Å²) in [6.45, 7) is 0. The summed E-state index contributed by atoms with van der Waals surface area (Å²) in [5.74, 6) is 0.237. The van der Waals surface area contributed by atoms with E-state index < -0.39 is 0 Å². The Morgan fingerprint density at radius 2 is 1.86 bits per heavy atom. The molecule has 1 aromatic carbocycles. The van der Waals surface area contributed by atoms with Gasteiger partial charge in [0.15, 0.2) is 5.78 Å². The summed E-state index contributed by atoms with van der Waals surface area (Å²) in [5.41, 5.74) is 0. The molecular formula is C11H9ClOS. The third-order valence-electron chi connectivity index (χ3n) is 2.00. The van der Waals surface area contributed by atoms with Crippen molar-refractivity contribution < 1.29 is 4.79 Å². The Morgan fingerprint density at radius 1 is 1.14 bits per heavy atom. The second kappa shape index (κ2) is 4.20. The molecule has 1 aliphatic carbocycles. The Labute approximate surface area is 92.1 Å². The van der Waals surface area contributed by atoms with Gasteiger partial charge in [0.05, 0.1) is 0 Å². The largest absolute Gasteiger partial charge is 0.295 e. The van der Waals surface area contributed by atoms with E-state index >= 15 is 0 Å². The van der Waals surface area contributed by atoms with Gasteiger partial charge < -0.3 is 0 Å². The normalized spacial score (nSPS) is 15.8. The molecule has 0 bridgehead atoms. The van der Waals surface area contributed by atoms with Gasteiger partial charge >= 0.3 is 0 Å². The summed E-state index contributed by atoms with van der Waals surface area (Å²) in [6.07, 6.45) is 3.28. The lowest BCUT2D eigenvalue weighted by molar-refractivity contribution is -0.114. The smallest absolute Gasteiger partial charge is 0.156 e. The van der Waals surface area contributed by atoms with Gasteiger partial charge in [0.25, 0.3) is 0 Å². The van der Waals surface area contributed by atoms with Crippen molar-refractivity contribution in [2.45, 2.75) is 17.7 Å². The Balaban J connectivity index is 2.08. The Bertz CT molecular complexity index is 381. The van der Waals surface area contributed by atoms with E-state index in [9.17, 15) is 4.79 Å². The summed E-state index contributed by atoms with van der Waals surface area (Å²) >= 11 is 7.42. The lowest BCUT2D eigenvalue weighted by Gasteiger charge is -2.00. The number of carbonyl (C=O) groups is 1. The number of halogens is 1. The molecule has 0 unspecified atom stereocenters. The quantitative estimate of drug-likeness (QED) is 0.763. The second-order valence-corrected chi connectivity index (χ2v) is 4.77. The molecule has 1 aliphatic rings. The molecule has 0 saturated heterocycles. The van der Waals surface area contributed by atoms with Crippen LogP contribution in [-0.4, -0.2) is 5.78 Å². The molecule has 0 aliphatic heterocycles. The van der Waals surface area contributed by atoms with Crippen molar-refractivity contribution in [2.75, 3.05) is 0 Å². The van der Waals surface area contributed by atoms with Crippen LogP contribution in [0.3, 0.4) is 0 Å². The summed E-state index contributed by atoms with van der Waals surface area (Å²) in [5, 5.41) is 0.742. The molecule has 0 atom stereocenters. The van der Waals surface area contributed by atoms with E-state index in [0.29, 0.717) is 6.42 Å². The first kappa shape index (κ1) is 9.81. The summed E-state index contributed by atoms with van der Waals surface area (Å²) in [4.78, 5) is 13.3. The molecule has 1 nitrogen and oxygen atoms in total. The van der Waals surface area contributed by atoms with Crippen molar-refractivity contribution in [2.24, 2.45) is 0 Å². The Morgan fingerprint density at radius 3 is 2.43 bits per heavy atom. The number of ketones is 1. The molecule has 1 aromatic rings. The van der Waals surface area contributed by atoms with Gasteiger partial charge in [0.1, 0.15) is 0 Å². The van der Waals surface area contributed by atoms with E-state index in [1.54, 1.807) is 17.8 Å². The minimum Gasteiger partial charge on any atom is -0.295 e. The van der Waals surface area contributed by atoms with Crippen LogP contribution >= 0.6 is 23.4 Å². The van der Waals surface area contributed by atoms with Crippen molar-refractivity contribution in [3.63, 3.8) is 0 Å².